The Morgan fingerprint density at radius 2 is 2.16 bits per heavy atom. The van der Waals surface area contributed by atoms with Gasteiger partial charge in [0, 0.05) is 6.42 Å². The largest absolute Gasteiger partial charge is 0.475 e. The number of aromatic nitrogens is 3. The quantitative estimate of drug-likeness (QED) is 0.922. The van der Waals surface area contributed by atoms with Gasteiger partial charge in [0.05, 0.1) is 0 Å². The van der Waals surface area contributed by atoms with Gasteiger partial charge in [0.15, 0.2) is 11.6 Å². The molecule has 2 aromatic rings. The lowest BCUT2D eigenvalue weighted by Gasteiger charge is -2.06. The van der Waals surface area contributed by atoms with E-state index in [4.69, 9.17) is 5.11 Å². The molecule has 2 rings (SSSR count). The molecule has 19 heavy (non-hydrogen) atoms. The minimum absolute atomic E-state index is 0.150. The van der Waals surface area contributed by atoms with Crippen molar-refractivity contribution in [2.45, 2.75) is 19.8 Å². The molecule has 1 N–H and O–H groups in total. The highest BCUT2D eigenvalue weighted by molar-refractivity contribution is 5.83. The van der Waals surface area contributed by atoms with Gasteiger partial charge in [-0.1, -0.05) is 13.0 Å². The average Bonchev–Trinajstić information content (AvgIpc) is 2.77. The monoisotopic (exact) mass is 267 g/mol. The van der Waals surface area contributed by atoms with Gasteiger partial charge in [-0.15, -0.1) is 5.10 Å². The summed E-state index contributed by atoms with van der Waals surface area (Å²) in [6.45, 7) is 1.86. The number of hydrogen-bond acceptors (Lipinski definition) is 3. The molecule has 1 heterocycles. The number of aromatic carboxylic acids is 1. The maximum absolute atomic E-state index is 13.7. The van der Waals surface area contributed by atoms with E-state index in [1.54, 1.807) is 0 Å². The second kappa shape index (κ2) is 5.13. The van der Waals surface area contributed by atoms with Gasteiger partial charge in [-0.05, 0) is 18.6 Å². The summed E-state index contributed by atoms with van der Waals surface area (Å²) in [7, 11) is 0. The molecule has 0 saturated heterocycles. The molecule has 1 aromatic heterocycles. The first-order chi connectivity index (χ1) is 9.04. The average molecular weight is 267 g/mol. The van der Waals surface area contributed by atoms with Gasteiger partial charge in [-0.2, -0.15) is 0 Å². The van der Waals surface area contributed by atoms with Crippen LogP contribution < -0.4 is 0 Å². The summed E-state index contributed by atoms with van der Waals surface area (Å²) in [6, 6.07) is 3.62. The van der Waals surface area contributed by atoms with Crippen LogP contribution in [-0.2, 0) is 6.42 Å². The summed E-state index contributed by atoms with van der Waals surface area (Å²) in [5.41, 5.74) is -0.150. The third-order valence-corrected chi connectivity index (χ3v) is 2.50. The number of carboxylic acids is 1. The van der Waals surface area contributed by atoms with Gasteiger partial charge in [-0.25, -0.2) is 23.2 Å². The van der Waals surface area contributed by atoms with Crippen molar-refractivity contribution in [3.05, 3.63) is 41.5 Å². The van der Waals surface area contributed by atoms with Gasteiger partial charge < -0.3 is 5.11 Å². The minimum atomic E-state index is -1.31. The number of nitrogens with zero attached hydrogens (tertiary/aromatic N) is 3. The Morgan fingerprint density at radius 1 is 1.42 bits per heavy atom. The second-order valence-corrected chi connectivity index (χ2v) is 3.89. The highest BCUT2D eigenvalue weighted by Gasteiger charge is 2.19. The van der Waals surface area contributed by atoms with E-state index in [-0.39, 0.29) is 11.5 Å². The third-order valence-electron chi connectivity index (χ3n) is 2.50. The van der Waals surface area contributed by atoms with Gasteiger partial charge in [0.2, 0.25) is 0 Å². The highest BCUT2D eigenvalue weighted by atomic mass is 19.2. The Balaban J connectivity index is 2.59. The summed E-state index contributed by atoms with van der Waals surface area (Å²) in [4.78, 5) is 14.7. The predicted octanol–water partition coefficient (Wildman–Crippen LogP) is 2.20. The number of carbonyl (C=O) groups is 1. The van der Waals surface area contributed by atoms with Crippen molar-refractivity contribution in [1.29, 1.82) is 0 Å². The molecule has 0 bridgehead atoms. The van der Waals surface area contributed by atoms with E-state index in [0.29, 0.717) is 12.8 Å². The van der Waals surface area contributed by atoms with Crippen molar-refractivity contribution in [3.8, 4) is 5.69 Å². The molecule has 0 aliphatic carbocycles. The maximum Gasteiger partial charge on any atom is 0.375 e. The molecule has 0 spiro atoms. The number of hydrogen-bond donors (Lipinski definition) is 1. The summed E-state index contributed by atoms with van der Waals surface area (Å²) >= 11 is 0. The minimum Gasteiger partial charge on any atom is -0.475 e. The smallest absolute Gasteiger partial charge is 0.375 e. The highest BCUT2D eigenvalue weighted by Crippen LogP contribution is 2.18. The molecule has 0 aliphatic rings. The van der Waals surface area contributed by atoms with E-state index in [1.807, 2.05) is 6.92 Å². The Morgan fingerprint density at radius 3 is 2.79 bits per heavy atom. The summed E-state index contributed by atoms with van der Waals surface area (Å²) in [6.07, 6.45) is 1.09. The van der Waals surface area contributed by atoms with Crippen molar-refractivity contribution >= 4 is 5.97 Å². The summed E-state index contributed by atoms with van der Waals surface area (Å²) in [5.74, 6) is -3.57. The Kier molecular flexibility index (Phi) is 3.55. The molecule has 5 nitrogen and oxygen atoms in total. The van der Waals surface area contributed by atoms with Crippen molar-refractivity contribution in [2.24, 2.45) is 0 Å². The fourth-order valence-electron chi connectivity index (χ4n) is 1.67. The Labute approximate surface area is 107 Å². The number of rotatable bonds is 4. The molecule has 0 aliphatic heterocycles. The van der Waals surface area contributed by atoms with Crippen LogP contribution >= 0.6 is 0 Å². The zero-order valence-corrected chi connectivity index (χ0v) is 10.1. The lowest BCUT2D eigenvalue weighted by atomic mass is 10.2. The van der Waals surface area contributed by atoms with Gasteiger partial charge in [0.1, 0.15) is 11.5 Å². The molecular formula is C12H11F2N3O2. The van der Waals surface area contributed by atoms with Crippen molar-refractivity contribution < 1.29 is 18.7 Å². The van der Waals surface area contributed by atoms with Crippen LogP contribution in [0.1, 0.15) is 29.8 Å². The molecule has 0 saturated carbocycles. The number of carboxylic acid groups (broad SMARTS) is 1. The van der Waals surface area contributed by atoms with Crippen molar-refractivity contribution in [1.82, 2.24) is 14.8 Å². The fraction of sp³-hybridized carbons (Fsp3) is 0.250. The zero-order valence-electron chi connectivity index (χ0n) is 10.1. The van der Waals surface area contributed by atoms with Gasteiger partial charge in [-0.3, -0.25) is 0 Å². The van der Waals surface area contributed by atoms with E-state index in [9.17, 15) is 13.6 Å². The van der Waals surface area contributed by atoms with Crippen LogP contribution in [0.15, 0.2) is 18.2 Å². The lowest BCUT2D eigenvalue weighted by molar-refractivity contribution is 0.0683. The van der Waals surface area contributed by atoms with Crippen molar-refractivity contribution in [3.63, 3.8) is 0 Å². The van der Waals surface area contributed by atoms with Gasteiger partial charge in [0.25, 0.3) is 5.82 Å². The van der Waals surface area contributed by atoms with Crippen LogP contribution in [0.25, 0.3) is 5.69 Å². The van der Waals surface area contributed by atoms with Gasteiger partial charge >= 0.3 is 5.97 Å². The molecular weight excluding hydrogens is 256 g/mol. The van der Waals surface area contributed by atoms with Crippen LogP contribution in [0.5, 0.6) is 0 Å². The second-order valence-electron chi connectivity index (χ2n) is 3.89. The maximum atomic E-state index is 13.7. The first-order valence-electron chi connectivity index (χ1n) is 5.68. The van der Waals surface area contributed by atoms with E-state index < -0.39 is 23.4 Å². The normalized spacial score (nSPS) is 10.7. The molecule has 0 atom stereocenters. The topological polar surface area (TPSA) is 68.0 Å². The Hall–Kier alpha value is -2.31. The van der Waals surface area contributed by atoms with E-state index >= 15 is 0 Å². The number of halogens is 2. The summed E-state index contributed by atoms with van der Waals surface area (Å²) < 4.78 is 27.9. The van der Waals surface area contributed by atoms with E-state index in [2.05, 4.69) is 10.1 Å². The molecule has 7 heteroatoms. The van der Waals surface area contributed by atoms with Crippen LogP contribution in [0, 0.1) is 11.6 Å². The molecule has 0 unspecified atom stereocenters. The van der Waals surface area contributed by atoms with Crippen LogP contribution in [0.4, 0.5) is 8.78 Å². The number of aryl methyl sites for hydroxylation is 1. The Bertz CT molecular complexity index is 625. The van der Waals surface area contributed by atoms with Crippen molar-refractivity contribution in [2.75, 3.05) is 0 Å². The molecule has 0 fully saturated rings. The number of benzene rings is 1. The fourth-order valence-corrected chi connectivity index (χ4v) is 1.67. The SMILES string of the molecule is CCCc1nc(C(=O)O)nn1-c1cccc(F)c1F. The first-order valence-corrected chi connectivity index (χ1v) is 5.68. The van der Waals surface area contributed by atoms with Crippen LogP contribution in [-0.4, -0.2) is 25.8 Å². The predicted molar refractivity (Wildman–Crippen MR) is 62.2 cm³/mol. The summed E-state index contributed by atoms with van der Waals surface area (Å²) in [5, 5.41) is 12.6. The molecule has 1 aromatic carbocycles. The lowest BCUT2D eigenvalue weighted by Crippen LogP contribution is -2.07. The van der Waals surface area contributed by atoms with Crippen LogP contribution in [0.3, 0.4) is 0 Å². The molecule has 0 radical (unpaired) electrons. The molecule has 100 valence electrons. The first kappa shape index (κ1) is 13.1. The van der Waals surface area contributed by atoms with E-state index in [0.717, 1.165) is 10.7 Å². The van der Waals surface area contributed by atoms with E-state index in [1.165, 1.54) is 12.1 Å². The zero-order chi connectivity index (χ0) is 14.0. The standard InChI is InChI=1S/C12H11F2N3O2/c1-2-4-9-15-11(12(18)19)16-17(9)8-6-3-5-7(13)10(8)14/h3,5-6H,2,4H2,1H3,(H,18,19). The third kappa shape index (κ3) is 2.44. The molecule has 0 amide bonds. The van der Waals surface area contributed by atoms with Crippen LogP contribution in [0.2, 0.25) is 0 Å².